The molecule has 2 atom stereocenters. The molecule has 7 nitrogen and oxygen atoms in total. The Morgan fingerprint density at radius 1 is 0.861 bits per heavy atom. The molecule has 36 heavy (non-hydrogen) atoms. The van der Waals surface area contributed by atoms with E-state index in [-0.39, 0.29) is 23.0 Å². The molecule has 182 valence electrons. The number of hydrogen-bond acceptors (Lipinski definition) is 5. The van der Waals surface area contributed by atoms with Crippen molar-refractivity contribution in [2.45, 2.75) is 36.6 Å². The monoisotopic (exact) mass is 498 g/mol. The summed E-state index contributed by atoms with van der Waals surface area (Å²) in [5, 5.41) is 9.56. The molecule has 0 aliphatic carbocycles. The third kappa shape index (κ3) is 4.13. The molecule has 2 unspecified atom stereocenters. The van der Waals surface area contributed by atoms with Crippen LogP contribution < -0.4 is 0 Å². The van der Waals surface area contributed by atoms with Crippen LogP contribution in [0.3, 0.4) is 0 Å². The standard InChI is InChI=1S/C28H26N4O3S/c1-21(33)19-25(22-11-5-3-6-12-22)28(2,32-29-26-15-9-10-16-27(26)30-32)23-17-18-31(20-23)36(34,35)24-13-7-4-8-14-24/h3-18,20,25H,19H2,1-2H3. The molecule has 0 N–H and O–H groups in total. The van der Waals surface area contributed by atoms with Crippen molar-refractivity contribution in [3.8, 4) is 0 Å². The molecule has 0 fully saturated rings. The first-order valence-corrected chi connectivity index (χ1v) is 13.1. The molecule has 0 amide bonds. The van der Waals surface area contributed by atoms with Crippen molar-refractivity contribution in [1.29, 1.82) is 0 Å². The summed E-state index contributed by atoms with van der Waals surface area (Å²) in [7, 11) is -3.80. The molecule has 0 aliphatic rings. The molecule has 0 saturated heterocycles. The zero-order valence-electron chi connectivity index (χ0n) is 20.0. The van der Waals surface area contributed by atoms with Gasteiger partial charge in [0.15, 0.2) is 0 Å². The van der Waals surface area contributed by atoms with Gasteiger partial charge in [-0.15, -0.1) is 0 Å². The Morgan fingerprint density at radius 3 is 2.00 bits per heavy atom. The van der Waals surface area contributed by atoms with Gasteiger partial charge in [-0.1, -0.05) is 60.7 Å². The molecule has 0 bridgehead atoms. The molecule has 0 spiro atoms. The van der Waals surface area contributed by atoms with Crippen molar-refractivity contribution in [2.75, 3.05) is 0 Å². The largest absolute Gasteiger partial charge is 0.300 e. The summed E-state index contributed by atoms with van der Waals surface area (Å²) in [6, 6.07) is 27.4. The maximum atomic E-state index is 13.3. The van der Waals surface area contributed by atoms with Gasteiger partial charge in [0, 0.05) is 30.3 Å². The van der Waals surface area contributed by atoms with Crippen LogP contribution in [-0.4, -0.2) is 33.2 Å². The van der Waals surface area contributed by atoms with Crippen LogP contribution in [-0.2, 0) is 20.4 Å². The van der Waals surface area contributed by atoms with Gasteiger partial charge >= 0.3 is 0 Å². The second-order valence-corrected chi connectivity index (χ2v) is 10.9. The molecule has 0 aliphatic heterocycles. The number of benzene rings is 3. The topological polar surface area (TPSA) is 86.9 Å². The van der Waals surface area contributed by atoms with Crippen LogP contribution in [0.1, 0.15) is 37.3 Å². The smallest absolute Gasteiger partial charge is 0.267 e. The SMILES string of the molecule is CC(=O)CC(c1ccccc1)C(C)(c1ccn(S(=O)(=O)c2ccccc2)c1)n1nc2ccccc2n1. The molecule has 0 radical (unpaired) electrons. The molecule has 2 heterocycles. The number of carbonyl (C=O) groups excluding carboxylic acids is 1. The van der Waals surface area contributed by atoms with Crippen LogP contribution >= 0.6 is 0 Å². The van der Waals surface area contributed by atoms with Crippen molar-refractivity contribution < 1.29 is 13.2 Å². The van der Waals surface area contributed by atoms with Gasteiger partial charge in [0.25, 0.3) is 10.0 Å². The molecule has 0 saturated carbocycles. The lowest BCUT2D eigenvalue weighted by Gasteiger charge is -2.36. The van der Waals surface area contributed by atoms with Crippen molar-refractivity contribution >= 4 is 26.8 Å². The van der Waals surface area contributed by atoms with Gasteiger partial charge < -0.3 is 4.79 Å². The van der Waals surface area contributed by atoms with Crippen LogP contribution in [0.5, 0.6) is 0 Å². The van der Waals surface area contributed by atoms with Crippen LogP contribution in [0.15, 0.2) is 108 Å². The highest BCUT2D eigenvalue weighted by Crippen LogP contribution is 2.42. The van der Waals surface area contributed by atoms with E-state index in [1.54, 1.807) is 54.3 Å². The average Bonchev–Trinajstić information content (AvgIpc) is 3.57. The summed E-state index contributed by atoms with van der Waals surface area (Å²) in [4.78, 5) is 14.3. The fourth-order valence-electron chi connectivity index (χ4n) is 4.68. The number of carbonyl (C=O) groups is 1. The Labute approximate surface area is 210 Å². The number of ketones is 1. The lowest BCUT2D eigenvalue weighted by molar-refractivity contribution is -0.117. The number of rotatable bonds is 8. The molecule has 5 rings (SSSR count). The van der Waals surface area contributed by atoms with E-state index in [1.807, 2.05) is 61.5 Å². The lowest BCUT2D eigenvalue weighted by Crippen LogP contribution is -2.40. The van der Waals surface area contributed by atoms with Crippen LogP contribution in [0, 0.1) is 0 Å². The number of hydrogen-bond donors (Lipinski definition) is 0. The number of nitrogens with zero attached hydrogens (tertiary/aromatic N) is 4. The summed E-state index contributed by atoms with van der Waals surface area (Å²) >= 11 is 0. The minimum atomic E-state index is -3.80. The highest BCUT2D eigenvalue weighted by molar-refractivity contribution is 7.90. The zero-order chi connectivity index (χ0) is 25.3. The van der Waals surface area contributed by atoms with E-state index in [0.29, 0.717) is 5.56 Å². The summed E-state index contributed by atoms with van der Waals surface area (Å²) in [5.41, 5.74) is 2.08. The number of fused-ring (bicyclic) bond motifs is 1. The van der Waals surface area contributed by atoms with Gasteiger partial charge in [0.1, 0.15) is 22.4 Å². The maximum Gasteiger partial charge on any atom is 0.267 e. The van der Waals surface area contributed by atoms with Gasteiger partial charge in [-0.3, -0.25) is 0 Å². The van der Waals surface area contributed by atoms with Crippen molar-refractivity contribution in [3.63, 3.8) is 0 Å². The van der Waals surface area contributed by atoms with Crippen LogP contribution in [0.4, 0.5) is 0 Å². The van der Waals surface area contributed by atoms with Crippen molar-refractivity contribution in [3.05, 3.63) is 115 Å². The Morgan fingerprint density at radius 2 is 1.42 bits per heavy atom. The minimum absolute atomic E-state index is 0.0168. The molecule has 3 aromatic carbocycles. The van der Waals surface area contributed by atoms with E-state index in [9.17, 15) is 13.2 Å². The van der Waals surface area contributed by atoms with Crippen molar-refractivity contribution in [2.24, 2.45) is 0 Å². The molecule has 5 aromatic rings. The van der Waals surface area contributed by atoms with E-state index in [4.69, 9.17) is 10.2 Å². The summed E-state index contributed by atoms with van der Waals surface area (Å²) < 4.78 is 27.9. The van der Waals surface area contributed by atoms with Gasteiger partial charge in [-0.25, -0.2) is 12.4 Å². The second kappa shape index (κ2) is 9.20. The first kappa shape index (κ1) is 23.7. The van der Waals surface area contributed by atoms with Crippen LogP contribution in [0.25, 0.3) is 11.0 Å². The zero-order valence-corrected chi connectivity index (χ0v) is 20.8. The number of aromatic nitrogens is 4. The van der Waals surface area contributed by atoms with Gasteiger partial charge in [0.05, 0.1) is 4.90 Å². The van der Waals surface area contributed by atoms with Gasteiger partial charge in [0.2, 0.25) is 0 Å². The van der Waals surface area contributed by atoms with E-state index >= 15 is 0 Å². The first-order valence-electron chi connectivity index (χ1n) is 11.7. The van der Waals surface area contributed by atoms with E-state index in [2.05, 4.69) is 0 Å². The van der Waals surface area contributed by atoms with Crippen molar-refractivity contribution in [1.82, 2.24) is 19.0 Å². The third-order valence-electron chi connectivity index (χ3n) is 6.64. The predicted molar refractivity (Wildman–Crippen MR) is 138 cm³/mol. The normalized spacial score (nSPS) is 14.4. The Kier molecular flexibility index (Phi) is 6.05. The summed E-state index contributed by atoms with van der Waals surface area (Å²) in [6.45, 7) is 3.52. The van der Waals surface area contributed by atoms with E-state index in [0.717, 1.165) is 16.6 Å². The molecule has 2 aromatic heterocycles. The Bertz CT molecular complexity index is 1590. The fourth-order valence-corrected chi connectivity index (χ4v) is 5.90. The fraction of sp³-hybridized carbons (Fsp3) is 0.179. The first-order chi connectivity index (χ1) is 17.3. The number of Topliss-reactive ketones (excluding diaryl/α,β-unsaturated/α-hetero) is 1. The average molecular weight is 499 g/mol. The molecular formula is C28H26N4O3S. The second-order valence-electron chi connectivity index (χ2n) is 9.04. The minimum Gasteiger partial charge on any atom is -0.300 e. The van der Waals surface area contributed by atoms with Crippen LogP contribution in [0.2, 0.25) is 0 Å². The Balaban J connectivity index is 1.72. The third-order valence-corrected chi connectivity index (χ3v) is 8.29. The van der Waals surface area contributed by atoms with E-state index < -0.39 is 15.6 Å². The van der Waals surface area contributed by atoms with Gasteiger partial charge in [-0.05, 0) is 49.7 Å². The van der Waals surface area contributed by atoms with E-state index in [1.165, 1.54) is 10.2 Å². The molecule has 8 heteroatoms. The Hall–Kier alpha value is -4.04. The van der Waals surface area contributed by atoms with Gasteiger partial charge in [-0.2, -0.15) is 15.0 Å². The maximum absolute atomic E-state index is 13.3. The highest BCUT2D eigenvalue weighted by Gasteiger charge is 2.42. The quantitative estimate of drug-likeness (QED) is 0.301. The summed E-state index contributed by atoms with van der Waals surface area (Å²) in [5.74, 6) is -0.337. The molecular weight excluding hydrogens is 472 g/mol. The predicted octanol–water partition coefficient (Wildman–Crippen LogP) is 5.00. The summed E-state index contributed by atoms with van der Waals surface area (Å²) in [6.07, 6.45) is 3.37. The highest BCUT2D eigenvalue weighted by atomic mass is 32.2. The lowest BCUT2D eigenvalue weighted by atomic mass is 9.74.